The van der Waals surface area contributed by atoms with Crippen LogP contribution < -0.4 is 0 Å². The second kappa shape index (κ2) is 16.7. The monoisotopic (exact) mass is 871 g/mol. The van der Waals surface area contributed by atoms with E-state index in [1.165, 1.54) is 0 Å². The Kier molecular flexibility index (Phi) is 8.75. The minimum atomic E-state index is -0.426. The standard InChI is InChI=1S/2C27H16ClN3O/c2*28-27-30-25(18-9-5-2-6-10-18)29-26(31-27)20-12-14-22-21-13-11-19(17-7-3-1-4-8-17)15-23(21)32-24(22)16-20/h2*1-16H/i1D,3D,4D,7D,8D;. The van der Waals surface area contributed by atoms with Gasteiger partial charge in [-0.2, -0.15) is 19.9 Å². The van der Waals surface area contributed by atoms with Crippen molar-refractivity contribution in [1.82, 2.24) is 29.9 Å². The predicted molar refractivity (Wildman–Crippen MR) is 257 cm³/mol. The summed E-state index contributed by atoms with van der Waals surface area (Å²) in [5.74, 6) is 1.92. The Morgan fingerprint density at radius 3 is 1.05 bits per heavy atom. The van der Waals surface area contributed by atoms with Gasteiger partial charge in [-0.3, -0.25) is 0 Å². The molecule has 0 aliphatic rings. The SMILES string of the molecule is Clc1nc(-c2ccccc2)nc(-c2ccc3c(c2)oc2cc(-c4ccccc4)ccc23)n1.[2H]c1c([2H])c([2H])c(-c2ccc3c(c2)oc2cc(-c4nc(Cl)nc(-c5ccccc5)n4)ccc23)c([2H])c1[2H]. The first-order valence-electron chi connectivity index (χ1n) is 22.6. The summed E-state index contributed by atoms with van der Waals surface area (Å²) in [5.41, 5.74) is 8.83. The maximum atomic E-state index is 8.28. The van der Waals surface area contributed by atoms with Crippen LogP contribution in [0.1, 0.15) is 6.85 Å². The zero-order valence-corrected chi connectivity index (χ0v) is 34.9. The van der Waals surface area contributed by atoms with Crippen molar-refractivity contribution < 1.29 is 15.7 Å². The van der Waals surface area contributed by atoms with E-state index >= 15 is 0 Å². The smallest absolute Gasteiger partial charge is 0.226 e. The lowest BCUT2D eigenvalue weighted by atomic mass is 10.0. The molecule has 0 radical (unpaired) electrons. The number of hydrogen-bond donors (Lipinski definition) is 0. The van der Waals surface area contributed by atoms with E-state index in [1.54, 1.807) is 12.1 Å². The molecule has 4 heterocycles. The molecule has 0 N–H and O–H groups in total. The van der Waals surface area contributed by atoms with Crippen molar-refractivity contribution in [3.8, 4) is 67.8 Å². The maximum Gasteiger partial charge on any atom is 0.226 e. The fourth-order valence-electron chi connectivity index (χ4n) is 7.58. The summed E-state index contributed by atoms with van der Waals surface area (Å²) in [6.45, 7) is 0. The first kappa shape index (κ1) is 33.6. The normalized spacial score (nSPS) is 12.4. The fourth-order valence-corrected chi connectivity index (χ4v) is 7.90. The summed E-state index contributed by atoms with van der Waals surface area (Å²) in [6, 6.07) is 50.9. The molecular weight excluding hydrogens is 836 g/mol. The molecule has 4 aromatic heterocycles. The second-order valence-electron chi connectivity index (χ2n) is 14.6. The molecule has 0 aliphatic carbocycles. The second-order valence-corrected chi connectivity index (χ2v) is 15.3. The van der Waals surface area contributed by atoms with Crippen molar-refractivity contribution in [2.45, 2.75) is 0 Å². The van der Waals surface area contributed by atoms with Crippen LogP contribution in [0.25, 0.3) is 112 Å². The number of halogens is 2. The Morgan fingerprint density at radius 1 is 0.312 bits per heavy atom. The van der Waals surface area contributed by atoms with Crippen LogP contribution >= 0.6 is 23.2 Å². The fraction of sp³-hybridized carbons (Fsp3) is 0. The van der Waals surface area contributed by atoms with Gasteiger partial charge in [-0.05, 0) is 94.0 Å². The van der Waals surface area contributed by atoms with Gasteiger partial charge in [0.15, 0.2) is 23.3 Å². The summed E-state index contributed by atoms with van der Waals surface area (Å²) < 4.78 is 52.7. The highest BCUT2D eigenvalue weighted by atomic mass is 35.5. The first-order valence-corrected chi connectivity index (χ1v) is 20.8. The Hall–Kier alpha value is -8.04. The number of nitrogens with zero attached hydrogens (tertiary/aromatic N) is 6. The topological polar surface area (TPSA) is 104 Å². The van der Waals surface area contributed by atoms with Crippen LogP contribution in [-0.2, 0) is 0 Å². The van der Waals surface area contributed by atoms with Crippen LogP contribution in [0.15, 0.2) is 203 Å². The lowest BCUT2D eigenvalue weighted by Crippen LogP contribution is -1.97. The molecule has 0 saturated heterocycles. The minimum absolute atomic E-state index is 0.0804. The zero-order valence-electron chi connectivity index (χ0n) is 38.3. The molecule has 0 unspecified atom stereocenters. The molecule has 12 aromatic rings. The van der Waals surface area contributed by atoms with Crippen molar-refractivity contribution in [1.29, 1.82) is 0 Å². The summed E-state index contributed by atoms with van der Waals surface area (Å²) >= 11 is 12.4. The lowest BCUT2D eigenvalue weighted by Gasteiger charge is -2.04. The third kappa shape index (κ3) is 7.73. The molecule has 0 aliphatic heterocycles. The van der Waals surface area contributed by atoms with Gasteiger partial charge in [-0.15, -0.1) is 0 Å². The van der Waals surface area contributed by atoms with E-state index in [4.69, 9.17) is 38.9 Å². The third-order valence-electron chi connectivity index (χ3n) is 10.6. The van der Waals surface area contributed by atoms with Gasteiger partial charge in [0.1, 0.15) is 22.3 Å². The van der Waals surface area contributed by atoms with Gasteiger partial charge in [0.2, 0.25) is 10.6 Å². The van der Waals surface area contributed by atoms with Gasteiger partial charge in [-0.25, -0.2) is 9.97 Å². The van der Waals surface area contributed by atoms with Gasteiger partial charge in [0.25, 0.3) is 0 Å². The van der Waals surface area contributed by atoms with E-state index in [2.05, 4.69) is 60.2 Å². The van der Waals surface area contributed by atoms with Gasteiger partial charge < -0.3 is 8.83 Å². The molecule has 12 rings (SSSR count). The van der Waals surface area contributed by atoms with E-state index in [0.717, 1.165) is 60.5 Å². The van der Waals surface area contributed by atoms with Crippen molar-refractivity contribution in [2.75, 3.05) is 0 Å². The molecule has 304 valence electrons. The van der Waals surface area contributed by atoms with Crippen LogP contribution in [0.3, 0.4) is 0 Å². The van der Waals surface area contributed by atoms with Gasteiger partial charge >= 0.3 is 0 Å². The Morgan fingerprint density at radius 2 is 0.641 bits per heavy atom. The Labute approximate surface area is 383 Å². The highest BCUT2D eigenvalue weighted by molar-refractivity contribution is 6.28. The van der Waals surface area contributed by atoms with Gasteiger partial charge in [0, 0.05) is 43.8 Å². The number of benzene rings is 8. The molecule has 64 heavy (non-hydrogen) atoms. The molecule has 8 nitrogen and oxygen atoms in total. The summed E-state index contributed by atoms with van der Waals surface area (Å²) in [4.78, 5) is 26.4. The molecule has 0 saturated carbocycles. The molecule has 0 spiro atoms. The van der Waals surface area contributed by atoms with Gasteiger partial charge in [-0.1, -0.05) is 145 Å². The Balaban J connectivity index is 0.000000152. The minimum Gasteiger partial charge on any atom is -0.456 e. The highest BCUT2D eigenvalue weighted by Gasteiger charge is 2.16. The zero-order chi connectivity index (χ0) is 47.3. The quantitative estimate of drug-likeness (QED) is 0.163. The van der Waals surface area contributed by atoms with Crippen LogP contribution in [-0.4, -0.2) is 29.9 Å². The lowest BCUT2D eigenvalue weighted by molar-refractivity contribution is 0.669. The third-order valence-corrected chi connectivity index (χ3v) is 11.0. The summed E-state index contributed by atoms with van der Waals surface area (Å²) in [7, 11) is 0. The van der Waals surface area contributed by atoms with Gasteiger partial charge in [0.05, 0.1) is 6.85 Å². The molecule has 0 atom stereocenters. The van der Waals surface area contributed by atoms with Crippen LogP contribution in [0.5, 0.6) is 0 Å². The molecule has 0 fully saturated rings. The number of hydrogen-bond acceptors (Lipinski definition) is 8. The molecule has 0 amide bonds. The molecule has 10 heteroatoms. The van der Waals surface area contributed by atoms with Crippen molar-refractivity contribution in [2.24, 2.45) is 0 Å². The summed E-state index contributed by atoms with van der Waals surface area (Å²) in [6.07, 6.45) is 0. The Bertz CT molecular complexity index is 3920. The van der Waals surface area contributed by atoms with Crippen LogP contribution in [0.4, 0.5) is 0 Å². The first-order chi connectivity index (χ1) is 33.6. The van der Waals surface area contributed by atoms with Crippen LogP contribution in [0, 0.1) is 0 Å². The van der Waals surface area contributed by atoms with E-state index < -0.39 is 6.04 Å². The number of aromatic nitrogens is 6. The predicted octanol–water partition coefficient (Wildman–Crippen LogP) is 14.9. The molecular formula is C54H32Cl2N6O2. The van der Waals surface area contributed by atoms with E-state index in [-0.39, 0.29) is 40.3 Å². The van der Waals surface area contributed by atoms with Crippen molar-refractivity contribution >= 4 is 67.1 Å². The van der Waals surface area contributed by atoms with Crippen molar-refractivity contribution in [3.63, 3.8) is 0 Å². The van der Waals surface area contributed by atoms with E-state index in [9.17, 15) is 0 Å². The number of fused-ring (bicyclic) bond motifs is 6. The number of rotatable bonds is 6. The maximum absolute atomic E-state index is 8.28. The molecule has 8 aromatic carbocycles. The van der Waals surface area contributed by atoms with E-state index in [1.807, 2.05) is 121 Å². The van der Waals surface area contributed by atoms with Crippen molar-refractivity contribution in [3.05, 3.63) is 205 Å². The average molecular weight is 873 g/mol. The highest BCUT2D eigenvalue weighted by Crippen LogP contribution is 2.36. The number of furan rings is 2. The largest absolute Gasteiger partial charge is 0.456 e. The average Bonchev–Trinajstić information content (AvgIpc) is 3.95. The van der Waals surface area contributed by atoms with E-state index in [0.29, 0.717) is 45.6 Å². The summed E-state index contributed by atoms with van der Waals surface area (Å²) in [5, 5.41) is 4.05. The molecule has 0 bridgehead atoms. The van der Waals surface area contributed by atoms with Crippen LogP contribution in [0.2, 0.25) is 10.6 Å².